The molecule has 1 aliphatic rings. The normalized spacial score (nSPS) is 13.5. The van der Waals surface area contributed by atoms with E-state index in [1.807, 2.05) is 13.0 Å². The molecule has 0 radical (unpaired) electrons. The van der Waals surface area contributed by atoms with Crippen molar-refractivity contribution in [1.82, 2.24) is 5.32 Å². The van der Waals surface area contributed by atoms with Crippen LogP contribution in [0.15, 0.2) is 41.3 Å². The number of nitrogens with one attached hydrogen (secondary N) is 2. The highest BCUT2D eigenvalue weighted by atomic mass is 32.2. The molecule has 12 heteroatoms. The molecule has 2 aromatic rings. The maximum atomic E-state index is 12.2. The standard InChI is InChI=1S/C18H20N4O7S/c1-11(12-2-5-16-17(8-12)29-10-28-16)21-18(23)6-7-20-14-4-3-13(30(19,26)27)9-15(14)22(24)25/h2-5,8-9,11,20H,6-7,10H2,1H3,(H,21,23)(H2,19,26,27). The molecule has 1 unspecified atom stereocenters. The molecule has 0 spiro atoms. The van der Waals surface area contributed by atoms with Gasteiger partial charge in [-0.2, -0.15) is 0 Å². The quantitative estimate of drug-likeness (QED) is 0.415. The van der Waals surface area contributed by atoms with Crippen LogP contribution < -0.4 is 25.2 Å². The highest BCUT2D eigenvalue weighted by Crippen LogP contribution is 2.34. The van der Waals surface area contributed by atoms with Crippen molar-refractivity contribution in [3.8, 4) is 11.5 Å². The van der Waals surface area contributed by atoms with Gasteiger partial charge in [0.05, 0.1) is 15.9 Å². The first-order chi connectivity index (χ1) is 14.1. The van der Waals surface area contributed by atoms with Crippen molar-refractivity contribution in [1.29, 1.82) is 0 Å². The largest absolute Gasteiger partial charge is 0.454 e. The van der Waals surface area contributed by atoms with Crippen molar-refractivity contribution >= 4 is 27.3 Å². The highest BCUT2D eigenvalue weighted by molar-refractivity contribution is 7.89. The Morgan fingerprint density at radius 2 is 1.97 bits per heavy atom. The van der Waals surface area contributed by atoms with Gasteiger partial charge in [0.2, 0.25) is 22.7 Å². The van der Waals surface area contributed by atoms with Gasteiger partial charge >= 0.3 is 0 Å². The summed E-state index contributed by atoms with van der Waals surface area (Å²) in [5, 5.41) is 21.8. The number of amides is 1. The van der Waals surface area contributed by atoms with Crippen molar-refractivity contribution in [2.45, 2.75) is 24.3 Å². The number of hydrogen-bond donors (Lipinski definition) is 3. The Morgan fingerprint density at radius 1 is 1.23 bits per heavy atom. The number of nitrogens with zero attached hydrogens (tertiary/aromatic N) is 1. The van der Waals surface area contributed by atoms with E-state index in [1.165, 1.54) is 6.07 Å². The van der Waals surface area contributed by atoms with Crippen molar-refractivity contribution in [2.24, 2.45) is 5.14 Å². The molecule has 1 amide bonds. The molecule has 1 aliphatic heterocycles. The summed E-state index contributed by atoms with van der Waals surface area (Å²) in [4.78, 5) is 22.3. The topological polar surface area (TPSA) is 163 Å². The number of nitro benzene ring substituents is 1. The van der Waals surface area contributed by atoms with Gasteiger partial charge in [-0.25, -0.2) is 13.6 Å². The molecular formula is C18H20N4O7S. The van der Waals surface area contributed by atoms with Crippen molar-refractivity contribution in [2.75, 3.05) is 18.7 Å². The zero-order valence-electron chi connectivity index (χ0n) is 16.0. The summed E-state index contributed by atoms with van der Waals surface area (Å²) >= 11 is 0. The fraction of sp³-hybridized carbons (Fsp3) is 0.278. The van der Waals surface area contributed by atoms with E-state index in [1.54, 1.807) is 12.1 Å². The second kappa shape index (κ2) is 8.55. The maximum absolute atomic E-state index is 12.2. The van der Waals surface area contributed by atoms with Crippen LogP contribution in [0.4, 0.5) is 11.4 Å². The maximum Gasteiger partial charge on any atom is 0.293 e. The minimum atomic E-state index is -4.07. The molecule has 0 saturated carbocycles. The number of ether oxygens (including phenoxy) is 2. The van der Waals surface area contributed by atoms with Gasteiger partial charge in [-0.15, -0.1) is 0 Å². The third-order valence-corrected chi connectivity index (χ3v) is 5.35. The van der Waals surface area contributed by atoms with Gasteiger partial charge in [0.15, 0.2) is 11.5 Å². The lowest BCUT2D eigenvalue weighted by Crippen LogP contribution is -2.28. The summed E-state index contributed by atoms with van der Waals surface area (Å²) in [6.07, 6.45) is 0.0446. The number of hydrogen-bond acceptors (Lipinski definition) is 8. The molecule has 0 aromatic heterocycles. The fourth-order valence-corrected chi connectivity index (χ4v) is 3.41. The van der Waals surface area contributed by atoms with Gasteiger partial charge in [0.25, 0.3) is 5.69 Å². The average molecular weight is 436 g/mol. The minimum absolute atomic E-state index is 0.0446. The minimum Gasteiger partial charge on any atom is -0.454 e. The monoisotopic (exact) mass is 436 g/mol. The number of primary sulfonamides is 1. The van der Waals surface area contributed by atoms with E-state index >= 15 is 0 Å². The van der Waals surface area contributed by atoms with Gasteiger partial charge in [-0.05, 0) is 36.8 Å². The van der Waals surface area contributed by atoms with E-state index in [4.69, 9.17) is 14.6 Å². The number of benzene rings is 2. The van der Waals surface area contributed by atoms with E-state index < -0.39 is 20.6 Å². The van der Waals surface area contributed by atoms with E-state index in [-0.39, 0.29) is 42.3 Å². The Bertz CT molecular complexity index is 1090. The van der Waals surface area contributed by atoms with Crippen LogP contribution in [0, 0.1) is 10.1 Å². The Labute approximate surface area is 172 Å². The summed E-state index contributed by atoms with van der Waals surface area (Å²) in [6, 6.07) is 8.38. The van der Waals surface area contributed by atoms with E-state index in [0.717, 1.165) is 17.7 Å². The van der Waals surface area contributed by atoms with Gasteiger partial charge in [0.1, 0.15) is 5.69 Å². The summed E-state index contributed by atoms with van der Waals surface area (Å²) in [6.45, 7) is 2.09. The molecule has 4 N–H and O–H groups in total. The Morgan fingerprint density at radius 3 is 2.67 bits per heavy atom. The third-order valence-electron chi connectivity index (χ3n) is 4.44. The Balaban J connectivity index is 1.57. The van der Waals surface area contributed by atoms with Crippen molar-refractivity contribution in [3.05, 3.63) is 52.1 Å². The Hall–Kier alpha value is -3.38. The smallest absolute Gasteiger partial charge is 0.293 e. The van der Waals surface area contributed by atoms with Crippen LogP contribution in [0.25, 0.3) is 0 Å². The number of fused-ring (bicyclic) bond motifs is 1. The molecular weight excluding hydrogens is 416 g/mol. The van der Waals surface area contributed by atoms with Crippen LogP contribution in [0.2, 0.25) is 0 Å². The third kappa shape index (κ3) is 4.96. The first-order valence-corrected chi connectivity index (χ1v) is 10.4. The lowest BCUT2D eigenvalue weighted by Gasteiger charge is -2.15. The molecule has 0 fully saturated rings. The fourth-order valence-electron chi connectivity index (χ4n) is 2.88. The number of rotatable bonds is 8. The highest BCUT2D eigenvalue weighted by Gasteiger charge is 2.20. The van der Waals surface area contributed by atoms with E-state index in [0.29, 0.717) is 11.5 Å². The van der Waals surface area contributed by atoms with Crippen LogP contribution in [-0.2, 0) is 14.8 Å². The molecule has 2 aromatic carbocycles. The number of nitrogens with two attached hydrogens (primary N) is 1. The van der Waals surface area contributed by atoms with Crippen LogP contribution in [-0.4, -0.2) is 32.6 Å². The first-order valence-electron chi connectivity index (χ1n) is 8.89. The van der Waals surface area contributed by atoms with Gasteiger partial charge < -0.3 is 20.1 Å². The Kier molecular flexibility index (Phi) is 6.08. The average Bonchev–Trinajstić information content (AvgIpc) is 3.14. The van der Waals surface area contributed by atoms with Crippen LogP contribution in [0.1, 0.15) is 24.9 Å². The molecule has 3 rings (SSSR count). The second-order valence-electron chi connectivity index (χ2n) is 6.56. The SMILES string of the molecule is CC(NC(=O)CCNc1ccc(S(N)(=O)=O)cc1[N+](=O)[O-])c1ccc2c(c1)OCO2. The zero-order valence-corrected chi connectivity index (χ0v) is 16.8. The molecule has 1 heterocycles. The van der Waals surface area contributed by atoms with Gasteiger partial charge in [-0.3, -0.25) is 14.9 Å². The number of carbonyl (C=O) groups is 1. The van der Waals surface area contributed by atoms with Crippen LogP contribution in [0.5, 0.6) is 11.5 Å². The van der Waals surface area contributed by atoms with Crippen LogP contribution >= 0.6 is 0 Å². The molecule has 11 nitrogen and oxygen atoms in total. The molecule has 0 aliphatic carbocycles. The summed E-state index contributed by atoms with van der Waals surface area (Å²) in [5.74, 6) is 0.999. The van der Waals surface area contributed by atoms with Crippen molar-refractivity contribution in [3.63, 3.8) is 0 Å². The summed E-state index contributed by atoms with van der Waals surface area (Å²) < 4.78 is 33.3. The van der Waals surface area contributed by atoms with Gasteiger partial charge in [-0.1, -0.05) is 6.07 Å². The first kappa shape index (κ1) is 21.3. The summed E-state index contributed by atoms with van der Waals surface area (Å²) in [7, 11) is -4.07. The van der Waals surface area contributed by atoms with Crippen LogP contribution in [0.3, 0.4) is 0 Å². The summed E-state index contributed by atoms with van der Waals surface area (Å²) in [5.41, 5.74) is 0.481. The lowest BCUT2D eigenvalue weighted by atomic mass is 10.1. The van der Waals surface area contributed by atoms with Gasteiger partial charge in [0, 0.05) is 19.0 Å². The second-order valence-corrected chi connectivity index (χ2v) is 8.12. The molecule has 160 valence electrons. The van der Waals surface area contributed by atoms with E-state index in [9.17, 15) is 23.3 Å². The molecule has 0 saturated heterocycles. The molecule has 30 heavy (non-hydrogen) atoms. The number of anilines is 1. The van der Waals surface area contributed by atoms with Crippen molar-refractivity contribution < 1.29 is 27.6 Å². The van der Waals surface area contributed by atoms with E-state index in [2.05, 4.69) is 10.6 Å². The predicted octanol–water partition coefficient (Wildman–Crippen LogP) is 1.65. The molecule has 0 bridgehead atoms. The predicted molar refractivity (Wildman–Crippen MR) is 107 cm³/mol. The molecule has 1 atom stereocenters. The number of sulfonamides is 1. The number of carbonyl (C=O) groups excluding carboxylic acids is 1. The zero-order chi connectivity index (χ0) is 21.9. The number of nitro groups is 1. The lowest BCUT2D eigenvalue weighted by molar-refractivity contribution is -0.384.